The number of hydrogen-bond donors (Lipinski definition) is 1. The molecule has 0 bridgehead atoms. The number of nitrogens with zero attached hydrogens (tertiary/aromatic N) is 2. The van der Waals surface area contributed by atoms with Gasteiger partial charge in [-0.1, -0.05) is 35.4 Å². The number of aliphatic imine (C=N–C) groups is 1. The zero-order chi connectivity index (χ0) is 25.8. The Bertz CT molecular complexity index is 1370. The van der Waals surface area contributed by atoms with Crippen LogP contribution in [0.3, 0.4) is 0 Å². The predicted molar refractivity (Wildman–Crippen MR) is 153 cm³/mol. The highest BCUT2D eigenvalue weighted by molar-refractivity contribution is 14.1. The minimum Gasteiger partial charge on any atom is -0.493 e. The Labute approximate surface area is 227 Å². The lowest BCUT2D eigenvalue weighted by atomic mass is 10.1. The van der Waals surface area contributed by atoms with E-state index in [0.717, 1.165) is 31.6 Å². The van der Waals surface area contributed by atoms with Crippen molar-refractivity contribution in [2.75, 3.05) is 18.6 Å². The topological polar surface area (TPSA) is 94.2 Å². The SMILES string of the molecule is COc1cc(/C=C2\SC(=Nc3ccc(C)cc3)N(c3ccc(C)cc3)C2=O)cc(I)c1OCC(N)=O. The van der Waals surface area contributed by atoms with E-state index in [2.05, 4.69) is 22.6 Å². The van der Waals surface area contributed by atoms with Gasteiger partial charge in [-0.25, -0.2) is 4.99 Å². The largest absolute Gasteiger partial charge is 0.493 e. The highest BCUT2D eigenvalue weighted by atomic mass is 127. The number of amidine groups is 1. The molecule has 0 unspecified atom stereocenters. The van der Waals surface area contributed by atoms with Crippen LogP contribution in [-0.2, 0) is 9.59 Å². The summed E-state index contributed by atoms with van der Waals surface area (Å²) in [5.74, 6) is 0.114. The van der Waals surface area contributed by atoms with Gasteiger partial charge in [-0.2, -0.15) is 0 Å². The van der Waals surface area contributed by atoms with Gasteiger partial charge in [-0.3, -0.25) is 14.5 Å². The van der Waals surface area contributed by atoms with Crippen molar-refractivity contribution in [2.24, 2.45) is 10.7 Å². The van der Waals surface area contributed by atoms with E-state index in [1.54, 1.807) is 17.0 Å². The third-order valence-corrected chi connectivity index (χ3v) is 7.04. The Morgan fingerprint density at radius 2 is 1.72 bits per heavy atom. The normalized spacial score (nSPS) is 15.6. The van der Waals surface area contributed by atoms with E-state index < -0.39 is 5.91 Å². The summed E-state index contributed by atoms with van der Waals surface area (Å²) in [7, 11) is 1.51. The van der Waals surface area contributed by atoms with Crippen LogP contribution >= 0.6 is 34.4 Å². The highest BCUT2D eigenvalue weighted by Gasteiger charge is 2.35. The van der Waals surface area contributed by atoms with Crippen molar-refractivity contribution in [2.45, 2.75) is 13.8 Å². The summed E-state index contributed by atoms with van der Waals surface area (Å²) < 4.78 is 11.7. The van der Waals surface area contributed by atoms with E-state index >= 15 is 0 Å². The Morgan fingerprint density at radius 3 is 2.33 bits per heavy atom. The molecule has 9 heteroatoms. The van der Waals surface area contributed by atoms with Gasteiger partial charge in [0.25, 0.3) is 11.8 Å². The number of rotatable bonds is 7. The molecule has 1 aliphatic rings. The molecular formula is C27H24IN3O4S. The summed E-state index contributed by atoms with van der Waals surface area (Å²) in [5, 5.41) is 0.571. The Morgan fingerprint density at radius 1 is 1.08 bits per heavy atom. The summed E-state index contributed by atoms with van der Waals surface area (Å²) in [5.41, 5.74) is 9.71. The van der Waals surface area contributed by atoms with Crippen molar-refractivity contribution in [1.29, 1.82) is 0 Å². The van der Waals surface area contributed by atoms with Gasteiger partial charge in [0.15, 0.2) is 23.3 Å². The lowest BCUT2D eigenvalue weighted by Gasteiger charge is -2.16. The van der Waals surface area contributed by atoms with Gasteiger partial charge in [0, 0.05) is 0 Å². The predicted octanol–water partition coefficient (Wildman–Crippen LogP) is 5.59. The number of halogens is 1. The maximum atomic E-state index is 13.6. The summed E-state index contributed by atoms with van der Waals surface area (Å²) >= 11 is 3.41. The van der Waals surface area contributed by atoms with Crippen LogP contribution in [0.4, 0.5) is 11.4 Å². The van der Waals surface area contributed by atoms with Crippen molar-refractivity contribution < 1.29 is 19.1 Å². The Hall–Kier alpha value is -3.31. The molecule has 0 aliphatic carbocycles. The number of anilines is 1. The maximum Gasteiger partial charge on any atom is 0.271 e. The Kier molecular flexibility index (Phi) is 8.00. The molecule has 184 valence electrons. The molecule has 1 fully saturated rings. The molecule has 2 N–H and O–H groups in total. The summed E-state index contributed by atoms with van der Waals surface area (Å²) in [4.78, 5) is 31.7. The number of carbonyl (C=O) groups excluding carboxylic acids is 2. The minimum atomic E-state index is -0.580. The molecular weight excluding hydrogens is 589 g/mol. The number of thioether (sulfide) groups is 1. The quantitative estimate of drug-likeness (QED) is 0.277. The van der Waals surface area contributed by atoms with Crippen LogP contribution < -0.4 is 20.1 Å². The molecule has 0 saturated carbocycles. The van der Waals surface area contributed by atoms with Gasteiger partial charge in [-0.05, 0) is 96.2 Å². The molecule has 7 nitrogen and oxygen atoms in total. The molecule has 3 aromatic rings. The molecule has 1 aliphatic heterocycles. The molecule has 0 atom stereocenters. The molecule has 1 saturated heterocycles. The fourth-order valence-electron chi connectivity index (χ4n) is 3.46. The minimum absolute atomic E-state index is 0.169. The van der Waals surface area contributed by atoms with Gasteiger partial charge in [-0.15, -0.1) is 0 Å². The first-order valence-electron chi connectivity index (χ1n) is 11.0. The van der Waals surface area contributed by atoms with Gasteiger partial charge < -0.3 is 15.2 Å². The van der Waals surface area contributed by atoms with E-state index in [1.807, 2.05) is 68.4 Å². The second-order valence-corrected chi connectivity index (χ2v) is 10.3. The average molecular weight is 613 g/mol. The van der Waals surface area contributed by atoms with Crippen molar-refractivity contribution in [3.63, 3.8) is 0 Å². The Balaban J connectivity index is 1.73. The first-order valence-corrected chi connectivity index (χ1v) is 12.9. The standard InChI is InChI=1S/C27H24IN3O4S/c1-16-4-8-19(9-5-16)30-27-31(20-10-6-17(2)7-11-20)26(33)23(36-27)14-18-12-21(28)25(22(13-18)34-3)35-15-24(29)32/h4-14H,15H2,1-3H3,(H2,29,32)/b23-14-,30-27?. The van der Waals surface area contributed by atoms with E-state index in [9.17, 15) is 9.59 Å². The zero-order valence-corrected chi connectivity index (χ0v) is 22.9. The fourth-order valence-corrected chi connectivity index (χ4v) is 5.24. The van der Waals surface area contributed by atoms with Crippen LogP contribution in [0.5, 0.6) is 11.5 Å². The lowest BCUT2D eigenvalue weighted by molar-refractivity contribution is -0.120. The number of carbonyl (C=O) groups is 2. The van der Waals surface area contributed by atoms with Gasteiger partial charge >= 0.3 is 0 Å². The lowest BCUT2D eigenvalue weighted by Crippen LogP contribution is -2.28. The van der Waals surface area contributed by atoms with E-state index in [1.165, 1.54) is 18.9 Å². The molecule has 0 radical (unpaired) electrons. The molecule has 36 heavy (non-hydrogen) atoms. The first kappa shape index (κ1) is 25.8. The molecule has 2 amide bonds. The third-order valence-electron chi connectivity index (χ3n) is 5.27. The second-order valence-electron chi connectivity index (χ2n) is 8.11. The number of aryl methyl sites for hydroxylation is 2. The number of ether oxygens (including phenoxy) is 2. The van der Waals surface area contributed by atoms with Gasteiger partial charge in [0.2, 0.25) is 0 Å². The zero-order valence-electron chi connectivity index (χ0n) is 19.9. The smallest absolute Gasteiger partial charge is 0.271 e. The van der Waals surface area contributed by atoms with Crippen LogP contribution in [0.25, 0.3) is 6.08 Å². The van der Waals surface area contributed by atoms with Crippen LogP contribution in [0.1, 0.15) is 16.7 Å². The van der Waals surface area contributed by atoms with Crippen molar-refractivity contribution >= 4 is 68.8 Å². The van der Waals surface area contributed by atoms with Gasteiger partial charge in [0.05, 0.1) is 27.0 Å². The summed E-state index contributed by atoms with van der Waals surface area (Å²) in [6.07, 6.45) is 1.80. The number of benzene rings is 3. The molecule has 0 aromatic heterocycles. The van der Waals surface area contributed by atoms with Crippen LogP contribution in [0, 0.1) is 17.4 Å². The number of primary amides is 1. The monoisotopic (exact) mass is 613 g/mol. The number of methoxy groups -OCH3 is 1. The molecule has 0 spiro atoms. The molecule has 4 rings (SSSR count). The van der Waals surface area contributed by atoms with E-state index in [4.69, 9.17) is 20.2 Å². The van der Waals surface area contributed by atoms with Crippen molar-refractivity contribution in [3.8, 4) is 11.5 Å². The third kappa shape index (κ3) is 5.90. The summed E-state index contributed by atoms with van der Waals surface area (Å²) in [6, 6.07) is 19.2. The maximum absolute atomic E-state index is 13.6. The van der Waals surface area contributed by atoms with Crippen molar-refractivity contribution in [3.05, 3.63) is 85.8 Å². The van der Waals surface area contributed by atoms with Gasteiger partial charge in [0.1, 0.15) is 0 Å². The molecule has 3 aromatic carbocycles. The highest BCUT2D eigenvalue weighted by Crippen LogP contribution is 2.39. The van der Waals surface area contributed by atoms with Crippen LogP contribution in [-0.4, -0.2) is 30.7 Å². The summed E-state index contributed by atoms with van der Waals surface area (Å²) in [6.45, 7) is 3.76. The van der Waals surface area contributed by atoms with Crippen LogP contribution in [0.15, 0.2) is 70.6 Å². The average Bonchev–Trinajstić information content (AvgIpc) is 3.14. The van der Waals surface area contributed by atoms with E-state index in [0.29, 0.717) is 21.6 Å². The molecule has 1 heterocycles. The van der Waals surface area contributed by atoms with Crippen molar-refractivity contribution in [1.82, 2.24) is 0 Å². The number of nitrogens with two attached hydrogens (primary N) is 1. The number of amides is 2. The number of hydrogen-bond acceptors (Lipinski definition) is 6. The second kappa shape index (κ2) is 11.2. The first-order chi connectivity index (χ1) is 17.2. The fraction of sp³-hybridized carbons (Fsp3) is 0.148. The van der Waals surface area contributed by atoms with Crippen LogP contribution in [0.2, 0.25) is 0 Å². The van der Waals surface area contributed by atoms with E-state index in [-0.39, 0.29) is 12.5 Å².